The van der Waals surface area contributed by atoms with Gasteiger partial charge in [0.05, 0.1) is 35.0 Å². The number of ether oxygens (including phenoxy) is 1. The Morgan fingerprint density at radius 2 is 1.79 bits per heavy atom. The van der Waals surface area contributed by atoms with Crippen LogP contribution in [0.1, 0.15) is 40.3 Å². The fourth-order valence-electron chi connectivity index (χ4n) is 4.50. The second kappa shape index (κ2) is 9.99. The second-order valence-corrected chi connectivity index (χ2v) is 9.45. The molecule has 0 aliphatic carbocycles. The van der Waals surface area contributed by atoms with Gasteiger partial charge in [0.25, 0.3) is 5.56 Å². The number of fused-ring (bicyclic) bond motifs is 1. The van der Waals surface area contributed by atoms with Gasteiger partial charge in [0, 0.05) is 24.1 Å². The number of nitrogens with zero attached hydrogens (tertiary/aromatic N) is 3. The van der Waals surface area contributed by atoms with Crippen molar-refractivity contribution in [1.82, 2.24) is 14.1 Å². The van der Waals surface area contributed by atoms with E-state index in [2.05, 4.69) is 11.5 Å². The largest absolute Gasteiger partial charge is 0.383 e. The van der Waals surface area contributed by atoms with Crippen LogP contribution in [0.3, 0.4) is 0 Å². The lowest BCUT2D eigenvalue weighted by atomic mass is 10.2. The minimum atomic E-state index is -0.138. The lowest BCUT2D eigenvalue weighted by Gasteiger charge is -2.17. The third-order valence-electron chi connectivity index (χ3n) is 6.07. The van der Waals surface area contributed by atoms with E-state index < -0.39 is 0 Å². The van der Waals surface area contributed by atoms with Gasteiger partial charge in [0.1, 0.15) is 0 Å². The highest BCUT2D eigenvalue weighted by Crippen LogP contribution is 2.26. The third kappa shape index (κ3) is 4.45. The van der Waals surface area contributed by atoms with Gasteiger partial charge in [0.2, 0.25) is 0 Å². The van der Waals surface area contributed by atoms with Gasteiger partial charge in [-0.3, -0.25) is 14.2 Å². The van der Waals surface area contributed by atoms with Crippen LogP contribution in [0.25, 0.3) is 16.6 Å². The van der Waals surface area contributed by atoms with E-state index in [1.54, 1.807) is 17.7 Å². The molecule has 1 atom stereocenters. The maximum atomic E-state index is 13.5. The maximum Gasteiger partial charge on any atom is 0.266 e. The Morgan fingerprint density at radius 1 is 1.09 bits per heavy atom. The number of hydrogen-bond donors (Lipinski definition) is 0. The summed E-state index contributed by atoms with van der Waals surface area (Å²) in [5, 5.41) is 1.06. The molecule has 0 saturated carbocycles. The number of methoxy groups -OCH3 is 1. The predicted molar refractivity (Wildman–Crippen MR) is 138 cm³/mol. The summed E-state index contributed by atoms with van der Waals surface area (Å²) in [7, 11) is 1.68. The fraction of sp³-hybridized carbons (Fsp3) is 0.296. The summed E-state index contributed by atoms with van der Waals surface area (Å²) >= 11 is 1.29. The zero-order chi connectivity index (χ0) is 24.4. The number of ketones is 1. The van der Waals surface area contributed by atoms with Crippen LogP contribution < -0.4 is 5.56 Å². The molecule has 0 amide bonds. The molecule has 7 heteroatoms. The van der Waals surface area contributed by atoms with Crippen molar-refractivity contribution in [3.63, 3.8) is 0 Å². The van der Waals surface area contributed by atoms with Gasteiger partial charge in [-0.15, -0.1) is 0 Å². The molecule has 0 fully saturated rings. The number of rotatable bonds is 8. The Balaban J connectivity index is 1.72. The summed E-state index contributed by atoms with van der Waals surface area (Å²) in [6.45, 7) is 8.58. The Morgan fingerprint density at radius 3 is 2.53 bits per heavy atom. The van der Waals surface area contributed by atoms with E-state index >= 15 is 0 Å². The summed E-state index contributed by atoms with van der Waals surface area (Å²) in [6.07, 6.45) is 0. The minimum absolute atomic E-state index is 0.00714. The van der Waals surface area contributed by atoms with E-state index in [-0.39, 0.29) is 23.1 Å². The lowest BCUT2D eigenvalue weighted by Crippen LogP contribution is -2.23. The van der Waals surface area contributed by atoms with E-state index in [1.807, 2.05) is 69.3 Å². The van der Waals surface area contributed by atoms with Crippen molar-refractivity contribution >= 4 is 28.4 Å². The van der Waals surface area contributed by atoms with Crippen LogP contribution in [0.2, 0.25) is 0 Å². The number of carbonyl (C=O) groups excluding carboxylic acids is 1. The van der Waals surface area contributed by atoms with Crippen LogP contribution in [0.4, 0.5) is 0 Å². The van der Waals surface area contributed by atoms with Crippen molar-refractivity contribution < 1.29 is 9.53 Å². The number of thioether (sulfide) groups is 1. The number of benzene rings is 2. The van der Waals surface area contributed by atoms with Gasteiger partial charge in [-0.05, 0) is 57.5 Å². The fourth-order valence-corrected chi connectivity index (χ4v) is 5.39. The van der Waals surface area contributed by atoms with Crippen molar-refractivity contribution in [2.45, 2.75) is 38.9 Å². The highest BCUT2D eigenvalue weighted by molar-refractivity contribution is 7.99. The van der Waals surface area contributed by atoms with Gasteiger partial charge >= 0.3 is 0 Å². The predicted octanol–water partition coefficient (Wildman–Crippen LogP) is 5.29. The van der Waals surface area contributed by atoms with E-state index in [1.165, 1.54) is 11.8 Å². The smallest absolute Gasteiger partial charge is 0.266 e. The standard InChI is InChI=1S/C27H29N3O3S/c1-17-10-6-9-13-24(17)30-26(32)21-11-7-8-12-23(21)28-27(30)34-16-25(31)22-14-18(2)29(20(22)4)19(3)15-33-5/h6-14,19H,15-16H2,1-5H3/t19-/m1/s1. The van der Waals surface area contributed by atoms with E-state index in [0.29, 0.717) is 28.2 Å². The average molecular weight is 476 g/mol. The van der Waals surface area contributed by atoms with Gasteiger partial charge < -0.3 is 9.30 Å². The van der Waals surface area contributed by atoms with Crippen molar-refractivity contribution in [2.75, 3.05) is 19.5 Å². The molecule has 176 valence electrons. The molecule has 2 aromatic carbocycles. The van der Waals surface area contributed by atoms with Gasteiger partial charge in [-0.1, -0.05) is 42.1 Å². The summed E-state index contributed by atoms with van der Waals surface area (Å²) in [5.41, 5.74) is 4.86. The molecule has 0 radical (unpaired) electrons. The average Bonchev–Trinajstić information content (AvgIpc) is 3.12. The first-order chi connectivity index (χ1) is 16.3. The normalized spacial score (nSPS) is 12.3. The first-order valence-electron chi connectivity index (χ1n) is 11.2. The van der Waals surface area contributed by atoms with Crippen LogP contribution in [0, 0.1) is 20.8 Å². The van der Waals surface area contributed by atoms with E-state index in [9.17, 15) is 9.59 Å². The van der Waals surface area contributed by atoms with Crippen LogP contribution in [0.15, 0.2) is 64.5 Å². The van der Waals surface area contributed by atoms with E-state index in [4.69, 9.17) is 9.72 Å². The summed E-state index contributed by atoms with van der Waals surface area (Å²) < 4.78 is 9.07. The number of carbonyl (C=O) groups is 1. The van der Waals surface area contributed by atoms with Gasteiger partial charge in [0.15, 0.2) is 10.9 Å². The zero-order valence-corrected chi connectivity index (χ0v) is 21.0. The van der Waals surface area contributed by atoms with Gasteiger partial charge in [-0.2, -0.15) is 0 Å². The Kier molecular flexibility index (Phi) is 7.05. The van der Waals surface area contributed by atoms with Crippen molar-refractivity contribution in [1.29, 1.82) is 0 Å². The van der Waals surface area contributed by atoms with E-state index in [0.717, 1.165) is 22.6 Å². The molecule has 0 unspecified atom stereocenters. The second-order valence-electron chi connectivity index (χ2n) is 8.51. The monoisotopic (exact) mass is 475 g/mol. The Hall–Kier alpha value is -3.16. The Labute approximate surface area is 203 Å². The third-order valence-corrected chi connectivity index (χ3v) is 7.01. The molecular formula is C27H29N3O3S. The summed E-state index contributed by atoms with van der Waals surface area (Å²) in [4.78, 5) is 31.5. The molecule has 34 heavy (non-hydrogen) atoms. The molecular weight excluding hydrogens is 446 g/mol. The first-order valence-corrected chi connectivity index (χ1v) is 12.2. The molecule has 4 aromatic rings. The van der Waals surface area contributed by atoms with Crippen LogP contribution in [0.5, 0.6) is 0 Å². The molecule has 0 bridgehead atoms. The van der Waals surface area contributed by atoms with Crippen LogP contribution in [-0.4, -0.2) is 39.4 Å². The Bertz CT molecular complexity index is 1420. The first kappa shape index (κ1) is 24.0. The SMILES string of the molecule is COC[C@@H](C)n1c(C)cc(C(=O)CSc2nc3ccccc3c(=O)n2-c2ccccc2C)c1C. The molecule has 0 spiro atoms. The van der Waals surface area contributed by atoms with Crippen molar-refractivity contribution in [3.05, 3.63) is 87.5 Å². The molecule has 0 saturated heterocycles. The zero-order valence-electron chi connectivity index (χ0n) is 20.2. The number of hydrogen-bond acceptors (Lipinski definition) is 5. The molecule has 6 nitrogen and oxygen atoms in total. The molecule has 2 heterocycles. The molecule has 2 aromatic heterocycles. The number of para-hydroxylation sites is 2. The number of aryl methyl sites for hydroxylation is 2. The maximum absolute atomic E-state index is 13.5. The van der Waals surface area contributed by atoms with Crippen molar-refractivity contribution in [3.8, 4) is 5.69 Å². The highest BCUT2D eigenvalue weighted by atomic mass is 32.2. The lowest BCUT2D eigenvalue weighted by molar-refractivity contribution is 0.102. The van der Waals surface area contributed by atoms with Crippen LogP contribution >= 0.6 is 11.8 Å². The molecule has 4 rings (SSSR count). The molecule has 0 aliphatic heterocycles. The molecule has 0 N–H and O–H groups in total. The molecule has 0 aliphatic rings. The van der Waals surface area contributed by atoms with Crippen LogP contribution in [-0.2, 0) is 4.74 Å². The van der Waals surface area contributed by atoms with Crippen molar-refractivity contribution in [2.24, 2.45) is 0 Å². The topological polar surface area (TPSA) is 66.1 Å². The highest BCUT2D eigenvalue weighted by Gasteiger charge is 2.21. The summed E-state index contributed by atoms with van der Waals surface area (Å²) in [6, 6.07) is 17.1. The quantitative estimate of drug-likeness (QED) is 0.197. The minimum Gasteiger partial charge on any atom is -0.383 e. The summed E-state index contributed by atoms with van der Waals surface area (Å²) in [5.74, 6) is 0.187. The number of Topliss-reactive ketones (excluding diaryl/α,β-unsaturated/α-hetero) is 1. The van der Waals surface area contributed by atoms with Gasteiger partial charge in [-0.25, -0.2) is 4.98 Å². The number of aromatic nitrogens is 3.